The van der Waals surface area contributed by atoms with Gasteiger partial charge in [-0.1, -0.05) is 13.8 Å². The van der Waals surface area contributed by atoms with Gasteiger partial charge in [-0.15, -0.1) is 0 Å². The Labute approximate surface area is 116 Å². The van der Waals surface area contributed by atoms with E-state index in [1.807, 2.05) is 0 Å². The fourth-order valence-electron chi connectivity index (χ4n) is 2.26. The topological polar surface area (TPSA) is 44.3 Å². The third-order valence-electron chi connectivity index (χ3n) is 3.54. The van der Waals surface area contributed by atoms with Crippen LogP contribution in [0.2, 0.25) is 0 Å². The van der Waals surface area contributed by atoms with Crippen LogP contribution in [0.1, 0.15) is 19.4 Å². The molecule has 2 heterocycles. The van der Waals surface area contributed by atoms with Crippen molar-refractivity contribution in [1.82, 2.24) is 14.9 Å². The predicted octanol–water partition coefficient (Wildman–Crippen LogP) is 1.60. The van der Waals surface area contributed by atoms with E-state index >= 15 is 0 Å². The molecule has 5 heteroatoms. The Balaban J connectivity index is 2.10. The Kier molecular flexibility index (Phi) is 4.58. The molecule has 0 aliphatic carbocycles. The van der Waals surface area contributed by atoms with E-state index in [0.29, 0.717) is 5.92 Å². The van der Waals surface area contributed by atoms with Crippen molar-refractivity contribution in [2.75, 3.05) is 50.0 Å². The van der Waals surface area contributed by atoms with Crippen molar-refractivity contribution in [3.05, 3.63) is 11.9 Å². The highest BCUT2D eigenvalue weighted by atomic mass is 15.3. The van der Waals surface area contributed by atoms with Crippen LogP contribution < -0.4 is 10.2 Å². The van der Waals surface area contributed by atoms with Crippen molar-refractivity contribution in [3.63, 3.8) is 0 Å². The van der Waals surface area contributed by atoms with Crippen molar-refractivity contribution in [3.8, 4) is 0 Å². The molecule has 106 valence electrons. The SMILES string of the molecule is Cc1c(NCC(C)C)ncnc1N1CCN(C)CC1. The quantitative estimate of drug-likeness (QED) is 0.894. The van der Waals surface area contributed by atoms with E-state index in [2.05, 4.69) is 52.9 Å². The molecular formula is C14H25N5. The van der Waals surface area contributed by atoms with Crippen LogP contribution in [0.25, 0.3) is 0 Å². The first kappa shape index (κ1) is 14.1. The highest BCUT2D eigenvalue weighted by molar-refractivity contribution is 5.58. The summed E-state index contributed by atoms with van der Waals surface area (Å²) in [5.41, 5.74) is 1.16. The Morgan fingerprint density at radius 2 is 1.89 bits per heavy atom. The van der Waals surface area contributed by atoms with E-state index in [1.54, 1.807) is 6.33 Å². The van der Waals surface area contributed by atoms with E-state index in [-0.39, 0.29) is 0 Å². The molecule has 1 aromatic rings. The summed E-state index contributed by atoms with van der Waals surface area (Å²) in [4.78, 5) is 13.5. The van der Waals surface area contributed by atoms with Crippen LogP contribution in [0, 0.1) is 12.8 Å². The Morgan fingerprint density at radius 1 is 1.21 bits per heavy atom. The number of rotatable bonds is 4. The minimum atomic E-state index is 0.612. The molecule has 1 fully saturated rings. The molecular weight excluding hydrogens is 238 g/mol. The summed E-state index contributed by atoms with van der Waals surface area (Å²) in [7, 11) is 2.17. The molecule has 1 saturated heterocycles. The monoisotopic (exact) mass is 263 g/mol. The van der Waals surface area contributed by atoms with Crippen LogP contribution in [0.15, 0.2) is 6.33 Å². The maximum atomic E-state index is 4.47. The molecule has 1 aliphatic heterocycles. The second-order valence-electron chi connectivity index (χ2n) is 5.74. The minimum absolute atomic E-state index is 0.612. The van der Waals surface area contributed by atoms with Crippen molar-refractivity contribution < 1.29 is 0 Å². The third kappa shape index (κ3) is 3.56. The molecule has 0 aromatic carbocycles. The number of piperazine rings is 1. The number of hydrogen-bond acceptors (Lipinski definition) is 5. The first-order valence-corrected chi connectivity index (χ1v) is 7.07. The lowest BCUT2D eigenvalue weighted by Gasteiger charge is -2.34. The van der Waals surface area contributed by atoms with Crippen LogP contribution in [-0.4, -0.2) is 54.6 Å². The van der Waals surface area contributed by atoms with Gasteiger partial charge in [-0.3, -0.25) is 0 Å². The van der Waals surface area contributed by atoms with E-state index in [1.165, 1.54) is 0 Å². The molecule has 0 unspecified atom stereocenters. The van der Waals surface area contributed by atoms with Gasteiger partial charge in [-0.05, 0) is 19.9 Å². The van der Waals surface area contributed by atoms with Gasteiger partial charge in [0.15, 0.2) is 0 Å². The van der Waals surface area contributed by atoms with Gasteiger partial charge in [0.05, 0.1) is 0 Å². The number of nitrogens with one attached hydrogen (secondary N) is 1. The van der Waals surface area contributed by atoms with Crippen LogP contribution in [-0.2, 0) is 0 Å². The standard InChI is InChI=1S/C14H25N5/c1-11(2)9-15-13-12(3)14(17-10-16-13)19-7-5-18(4)6-8-19/h10-11H,5-9H2,1-4H3,(H,15,16,17). The maximum absolute atomic E-state index is 4.47. The van der Waals surface area contributed by atoms with Crippen LogP contribution in [0.3, 0.4) is 0 Å². The minimum Gasteiger partial charge on any atom is -0.369 e. The molecule has 0 atom stereocenters. The van der Waals surface area contributed by atoms with E-state index in [0.717, 1.165) is 49.9 Å². The van der Waals surface area contributed by atoms with Crippen molar-refractivity contribution in [2.24, 2.45) is 5.92 Å². The summed E-state index contributed by atoms with van der Waals surface area (Å²) in [6, 6.07) is 0. The predicted molar refractivity (Wildman–Crippen MR) is 79.8 cm³/mol. The average Bonchev–Trinajstić information content (AvgIpc) is 2.39. The Morgan fingerprint density at radius 3 is 2.53 bits per heavy atom. The first-order valence-electron chi connectivity index (χ1n) is 7.07. The number of likely N-dealkylation sites (N-methyl/N-ethyl adjacent to an activating group) is 1. The van der Waals surface area contributed by atoms with E-state index in [9.17, 15) is 0 Å². The smallest absolute Gasteiger partial charge is 0.137 e. The summed E-state index contributed by atoms with van der Waals surface area (Å²) < 4.78 is 0. The fraction of sp³-hybridized carbons (Fsp3) is 0.714. The average molecular weight is 263 g/mol. The van der Waals surface area contributed by atoms with Gasteiger partial charge in [0, 0.05) is 38.3 Å². The highest BCUT2D eigenvalue weighted by Gasteiger charge is 2.18. The Hall–Kier alpha value is -1.36. The largest absolute Gasteiger partial charge is 0.369 e. The number of nitrogens with zero attached hydrogens (tertiary/aromatic N) is 4. The van der Waals surface area contributed by atoms with Gasteiger partial charge in [0.2, 0.25) is 0 Å². The molecule has 1 aliphatic rings. The van der Waals surface area contributed by atoms with E-state index < -0.39 is 0 Å². The Bertz CT molecular complexity index is 410. The van der Waals surface area contributed by atoms with Gasteiger partial charge >= 0.3 is 0 Å². The van der Waals surface area contributed by atoms with E-state index in [4.69, 9.17) is 0 Å². The summed E-state index contributed by atoms with van der Waals surface area (Å²) in [5, 5.41) is 3.41. The molecule has 19 heavy (non-hydrogen) atoms. The lowest BCUT2D eigenvalue weighted by molar-refractivity contribution is 0.312. The highest BCUT2D eigenvalue weighted by Crippen LogP contribution is 2.23. The number of anilines is 2. The van der Waals surface area contributed by atoms with Crippen LogP contribution >= 0.6 is 0 Å². The first-order chi connectivity index (χ1) is 9.08. The zero-order valence-corrected chi connectivity index (χ0v) is 12.5. The number of hydrogen-bond donors (Lipinski definition) is 1. The molecule has 5 nitrogen and oxygen atoms in total. The van der Waals surface area contributed by atoms with Gasteiger partial charge in [-0.2, -0.15) is 0 Å². The molecule has 1 N–H and O–H groups in total. The molecule has 2 rings (SSSR count). The summed E-state index contributed by atoms with van der Waals surface area (Å²) >= 11 is 0. The van der Waals surface area contributed by atoms with Crippen LogP contribution in [0.4, 0.5) is 11.6 Å². The van der Waals surface area contributed by atoms with Gasteiger partial charge < -0.3 is 15.1 Å². The van der Waals surface area contributed by atoms with Gasteiger partial charge in [0.25, 0.3) is 0 Å². The third-order valence-corrected chi connectivity index (χ3v) is 3.54. The maximum Gasteiger partial charge on any atom is 0.137 e. The van der Waals surface area contributed by atoms with Crippen LogP contribution in [0.5, 0.6) is 0 Å². The molecule has 0 bridgehead atoms. The number of aromatic nitrogens is 2. The zero-order chi connectivity index (χ0) is 13.8. The van der Waals surface area contributed by atoms with Gasteiger partial charge in [-0.25, -0.2) is 9.97 Å². The molecule has 0 amide bonds. The molecule has 0 spiro atoms. The van der Waals surface area contributed by atoms with Crippen molar-refractivity contribution >= 4 is 11.6 Å². The molecule has 0 saturated carbocycles. The van der Waals surface area contributed by atoms with Crippen molar-refractivity contribution in [2.45, 2.75) is 20.8 Å². The second kappa shape index (κ2) is 6.19. The lowest BCUT2D eigenvalue weighted by atomic mass is 10.2. The fourth-order valence-corrected chi connectivity index (χ4v) is 2.26. The van der Waals surface area contributed by atoms with Gasteiger partial charge in [0.1, 0.15) is 18.0 Å². The van der Waals surface area contributed by atoms with Crippen molar-refractivity contribution in [1.29, 1.82) is 0 Å². The summed E-state index contributed by atoms with van der Waals surface area (Å²) in [6.07, 6.45) is 1.67. The molecule has 1 aromatic heterocycles. The normalized spacial score (nSPS) is 17.0. The zero-order valence-electron chi connectivity index (χ0n) is 12.5. The summed E-state index contributed by atoms with van der Waals surface area (Å²) in [5.74, 6) is 2.66. The second-order valence-corrected chi connectivity index (χ2v) is 5.74. The lowest BCUT2D eigenvalue weighted by Crippen LogP contribution is -2.45. The molecule has 0 radical (unpaired) electrons. The summed E-state index contributed by atoms with van der Waals surface area (Å²) in [6.45, 7) is 11.7.